The zero-order chi connectivity index (χ0) is 20.1. The van der Waals surface area contributed by atoms with Crippen LogP contribution in [0.2, 0.25) is 5.02 Å². The summed E-state index contributed by atoms with van der Waals surface area (Å²) < 4.78 is 10.6. The van der Waals surface area contributed by atoms with Crippen LogP contribution in [0.3, 0.4) is 0 Å². The second kappa shape index (κ2) is 8.63. The van der Waals surface area contributed by atoms with E-state index >= 15 is 0 Å². The van der Waals surface area contributed by atoms with E-state index in [2.05, 4.69) is 15.6 Å². The van der Waals surface area contributed by atoms with Gasteiger partial charge in [-0.15, -0.1) is 0 Å². The van der Waals surface area contributed by atoms with Gasteiger partial charge in [-0.2, -0.15) is 0 Å². The number of hydrogen-bond donors (Lipinski definition) is 2. The monoisotopic (exact) mass is 397 g/mol. The van der Waals surface area contributed by atoms with E-state index in [1.165, 1.54) is 6.20 Å². The van der Waals surface area contributed by atoms with Crippen molar-refractivity contribution in [3.63, 3.8) is 0 Å². The summed E-state index contributed by atoms with van der Waals surface area (Å²) in [4.78, 5) is 16.8. The van der Waals surface area contributed by atoms with E-state index in [0.717, 1.165) is 11.3 Å². The molecular weight excluding hydrogens is 378 g/mol. The summed E-state index contributed by atoms with van der Waals surface area (Å²) in [6, 6.07) is 14.2. The predicted octanol–water partition coefficient (Wildman–Crippen LogP) is 5.06. The van der Waals surface area contributed by atoms with Gasteiger partial charge in [0.05, 0.1) is 25.5 Å². The second-order valence-corrected chi connectivity index (χ2v) is 6.47. The first-order chi connectivity index (χ1) is 13.5. The predicted molar refractivity (Wildman–Crippen MR) is 111 cm³/mol. The molecule has 0 spiro atoms. The molecule has 2 aromatic carbocycles. The lowest BCUT2D eigenvalue weighted by Crippen LogP contribution is -2.13. The maximum Gasteiger partial charge on any atom is 0.257 e. The molecule has 0 aliphatic heterocycles. The average Bonchev–Trinajstić information content (AvgIpc) is 2.71. The van der Waals surface area contributed by atoms with Gasteiger partial charge >= 0.3 is 0 Å². The van der Waals surface area contributed by atoms with Gasteiger partial charge in [0.15, 0.2) is 0 Å². The van der Waals surface area contributed by atoms with Crippen molar-refractivity contribution in [2.45, 2.75) is 6.92 Å². The first-order valence-electron chi connectivity index (χ1n) is 8.53. The highest BCUT2D eigenvalue weighted by Gasteiger charge is 2.10. The van der Waals surface area contributed by atoms with E-state index in [-0.39, 0.29) is 5.91 Å². The fourth-order valence-corrected chi connectivity index (χ4v) is 2.83. The van der Waals surface area contributed by atoms with Crippen LogP contribution in [-0.4, -0.2) is 25.1 Å². The lowest BCUT2D eigenvalue weighted by Gasteiger charge is -2.12. The maximum absolute atomic E-state index is 12.5. The molecule has 28 heavy (non-hydrogen) atoms. The fraction of sp³-hybridized carbons (Fsp3) is 0.143. The molecule has 0 aliphatic carbocycles. The van der Waals surface area contributed by atoms with E-state index in [4.69, 9.17) is 21.1 Å². The van der Waals surface area contributed by atoms with Gasteiger partial charge in [0.1, 0.15) is 17.3 Å². The van der Waals surface area contributed by atoms with Gasteiger partial charge in [-0.25, -0.2) is 4.98 Å². The van der Waals surface area contributed by atoms with Gasteiger partial charge in [0.2, 0.25) is 0 Å². The highest BCUT2D eigenvalue weighted by molar-refractivity contribution is 6.30. The Balaban J connectivity index is 1.72. The van der Waals surface area contributed by atoms with Crippen molar-refractivity contribution in [2.75, 3.05) is 24.9 Å². The van der Waals surface area contributed by atoms with Crippen LogP contribution in [0.1, 0.15) is 15.9 Å². The Morgan fingerprint density at radius 2 is 1.79 bits per heavy atom. The number of pyridine rings is 1. The van der Waals surface area contributed by atoms with Crippen LogP contribution in [-0.2, 0) is 0 Å². The lowest BCUT2D eigenvalue weighted by molar-refractivity contribution is 0.102. The molecule has 6 nitrogen and oxygen atoms in total. The first kappa shape index (κ1) is 19.5. The molecule has 144 valence electrons. The van der Waals surface area contributed by atoms with Crippen molar-refractivity contribution in [3.05, 3.63) is 70.9 Å². The third kappa shape index (κ3) is 4.53. The molecule has 0 saturated heterocycles. The van der Waals surface area contributed by atoms with E-state index in [1.54, 1.807) is 50.6 Å². The topological polar surface area (TPSA) is 72.5 Å². The second-order valence-electron chi connectivity index (χ2n) is 6.04. The number of nitrogens with zero attached hydrogens (tertiary/aromatic N) is 1. The molecule has 0 fully saturated rings. The number of carbonyl (C=O) groups is 1. The average molecular weight is 398 g/mol. The van der Waals surface area contributed by atoms with E-state index in [9.17, 15) is 4.79 Å². The van der Waals surface area contributed by atoms with Gasteiger partial charge in [0.25, 0.3) is 5.91 Å². The summed E-state index contributed by atoms with van der Waals surface area (Å²) >= 11 is 5.95. The lowest BCUT2D eigenvalue weighted by atomic mass is 10.2. The zero-order valence-corrected chi connectivity index (χ0v) is 16.5. The molecule has 1 aromatic heterocycles. The number of methoxy groups -OCH3 is 2. The minimum atomic E-state index is -0.244. The molecule has 3 aromatic rings. The summed E-state index contributed by atoms with van der Waals surface area (Å²) in [6.07, 6.45) is 1.51. The molecule has 0 saturated carbocycles. The number of hydrogen-bond acceptors (Lipinski definition) is 5. The summed E-state index contributed by atoms with van der Waals surface area (Å²) in [7, 11) is 3.18. The molecular formula is C21H20ClN3O3. The molecule has 3 rings (SSSR count). The number of carbonyl (C=O) groups excluding carboxylic acids is 1. The van der Waals surface area contributed by atoms with Crippen LogP contribution < -0.4 is 20.1 Å². The minimum absolute atomic E-state index is 0.244. The van der Waals surface area contributed by atoms with Crippen molar-refractivity contribution in [1.82, 2.24) is 4.98 Å². The first-order valence-corrected chi connectivity index (χ1v) is 8.90. The van der Waals surface area contributed by atoms with Crippen molar-refractivity contribution >= 4 is 34.7 Å². The molecule has 1 amide bonds. The quantitative estimate of drug-likeness (QED) is 0.608. The van der Waals surface area contributed by atoms with Crippen molar-refractivity contribution in [3.8, 4) is 11.5 Å². The maximum atomic E-state index is 12.5. The highest BCUT2D eigenvalue weighted by atomic mass is 35.5. The molecule has 0 unspecified atom stereocenters. The van der Waals surface area contributed by atoms with Crippen molar-refractivity contribution in [2.24, 2.45) is 0 Å². The third-order valence-electron chi connectivity index (χ3n) is 4.13. The number of benzene rings is 2. The molecule has 0 aliphatic rings. The Labute approximate surface area is 168 Å². The van der Waals surface area contributed by atoms with Gasteiger partial charge in [-0.3, -0.25) is 4.79 Å². The van der Waals surface area contributed by atoms with Gasteiger partial charge in [0, 0.05) is 23.0 Å². The van der Waals surface area contributed by atoms with Gasteiger partial charge in [-0.05, 0) is 55.0 Å². The molecule has 0 atom stereocenters. The number of ether oxygens (including phenoxy) is 2. The summed E-state index contributed by atoms with van der Waals surface area (Å²) in [5.41, 5.74) is 2.78. The van der Waals surface area contributed by atoms with Crippen molar-refractivity contribution < 1.29 is 14.3 Å². The standard InChI is InChI=1S/C21H20ClN3O3/c1-13-10-15(22)5-7-17(13)25-21(26)14-4-9-20(23-12-14)24-18-8-6-16(27-2)11-19(18)28-3/h4-12H,1-3H3,(H,23,24)(H,25,26). The van der Waals surface area contributed by atoms with E-state index < -0.39 is 0 Å². The number of aromatic nitrogens is 1. The Hall–Kier alpha value is -3.25. The normalized spacial score (nSPS) is 10.3. The van der Waals surface area contributed by atoms with Crippen LogP contribution in [0.4, 0.5) is 17.2 Å². The van der Waals surface area contributed by atoms with Crippen LogP contribution >= 0.6 is 11.6 Å². The SMILES string of the molecule is COc1ccc(Nc2ccc(C(=O)Nc3ccc(Cl)cc3C)cn2)c(OC)c1. The molecule has 7 heteroatoms. The Bertz CT molecular complexity index is 991. The molecule has 0 radical (unpaired) electrons. The van der Waals surface area contributed by atoms with Crippen LogP contribution in [0.25, 0.3) is 0 Å². The number of amides is 1. The number of nitrogens with one attached hydrogen (secondary N) is 2. The largest absolute Gasteiger partial charge is 0.497 e. The van der Waals surface area contributed by atoms with Crippen LogP contribution in [0.5, 0.6) is 11.5 Å². The number of halogens is 1. The Kier molecular flexibility index (Phi) is 6.01. The molecule has 2 N–H and O–H groups in total. The van der Waals surface area contributed by atoms with E-state index in [1.807, 2.05) is 19.1 Å². The molecule has 0 bridgehead atoms. The van der Waals surface area contributed by atoms with Crippen LogP contribution in [0.15, 0.2) is 54.7 Å². The Morgan fingerprint density at radius 3 is 2.43 bits per heavy atom. The number of aryl methyl sites for hydroxylation is 1. The number of anilines is 3. The summed E-state index contributed by atoms with van der Waals surface area (Å²) in [6.45, 7) is 1.88. The van der Waals surface area contributed by atoms with Gasteiger partial charge < -0.3 is 20.1 Å². The third-order valence-corrected chi connectivity index (χ3v) is 4.37. The Morgan fingerprint density at radius 1 is 1.00 bits per heavy atom. The van der Waals surface area contributed by atoms with Crippen molar-refractivity contribution in [1.29, 1.82) is 0 Å². The van der Waals surface area contributed by atoms with Crippen LogP contribution in [0, 0.1) is 6.92 Å². The minimum Gasteiger partial charge on any atom is -0.497 e. The van der Waals surface area contributed by atoms with Gasteiger partial charge in [-0.1, -0.05) is 11.6 Å². The fourth-order valence-electron chi connectivity index (χ4n) is 2.60. The number of rotatable bonds is 6. The summed E-state index contributed by atoms with van der Waals surface area (Å²) in [5, 5.41) is 6.66. The van der Waals surface area contributed by atoms with E-state index in [0.29, 0.717) is 33.6 Å². The smallest absolute Gasteiger partial charge is 0.257 e. The highest BCUT2D eigenvalue weighted by Crippen LogP contribution is 2.31. The molecule has 1 heterocycles. The zero-order valence-electron chi connectivity index (χ0n) is 15.7. The summed E-state index contributed by atoms with van der Waals surface area (Å²) in [5.74, 6) is 1.66.